The smallest absolute Gasteiger partial charge is 0.287 e. The van der Waals surface area contributed by atoms with Gasteiger partial charge in [0.15, 0.2) is 5.76 Å². The second-order valence-electron chi connectivity index (χ2n) is 5.98. The number of pyridine rings is 1. The van der Waals surface area contributed by atoms with Crippen molar-refractivity contribution in [3.63, 3.8) is 0 Å². The number of hydrogen-bond acceptors (Lipinski definition) is 6. The highest BCUT2D eigenvalue weighted by atomic mass is 16.5. The van der Waals surface area contributed by atoms with Crippen LogP contribution in [0.4, 0.5) is 5.82 Å². The van der Waals surface area contributed by atoms with Crippen molar-refractivity contribution in [2.45, 2.75) is 19.5 Å². The molecule has 0 radical (unpaired) electrons. The monoisotopic (exact) mass is 358 g/mol. The molecule has 3 heterocycles. The number of nitrogens with one attached hydrogen (secondary N) is 2. The molecule has 1 aliphatic heterocycles. The van der Waals surface area contributed by atoms with E-state index in [1.807, 2.05) is 12.1 Å². The molecule has 3 rings (SSSR count). The fourth-order valence-electron chi connectivity index (χ4n) is 2.70. The van der Waals surface area contributed by atoms with Crippen molar-refractivity contribution >= 4 is 17.6 Å². The Bertz CT molecular complexity index is 741. The topological polar surface area (TPSA) is 96.7 Å². The Balaban J connectivity index is 1.56. The first-order chi connectivity index (χ1) is 12.6. The molecule has 0 bridgehead atoms. The van der Waals surface area contributed by atoms with E-state index in [1.165, 1.54) is 6.26 Å². The summed E-state index contributed by atoms with van der Waals surface area (Å²) >= 11 is 0. The minimum atomic E-state index is -0.684. The zero-order chi connectivity index (χ0) is 18.4. The van der Waals surface area contributed by atoms with Crippen LogP contribution in [-0.4, -0.2) is 49.1 Å². The fourth-order valence-corrected chi connectivity index (χ4v) is 2.70. The van der Waals surface area contributed by atoms with E-state index in [2.05, 4.69) is 20.5 Å². The number of rotatable bonds is 6. The number of carbonyl (C=O) groups is 2. The van der Waals surface area contributed by atoms with Crippen molar-refractivity contribution in [3.8, 4) is 0 Å². The van der Waals surface area contributed by atoms with Crippen LogP contribution in [-0.2, 0) is 16.1 Å². The van der Waals surface area contributed by atoms with Crippen LogP contribution in [0.25, 0.3) is 0 Å². The number of ether oxygens (including phenoxy) is 1. The Hall–Kier alpha value is -2.87. The van der Waals surface area contributed by atoms with Crippen molar-refractivity contribution in [1.82, 2.24) is 15.6 Å². The molecule has 1 fully saturated rings. The van der Waals surface area contributed by atoms with Gasteiger partial charge in [-0.25, -0.2) is 4.98 Å². The molecule has 8 heteroatoms. The van der Waals surface area contributed by atoms with Gasteiger partial charge in [-0.05, 0) is 25.1 Å². The number of anilines is 1. The van der Waals surface area contributed by atoms with Gasteiger partial charge < -0.3 is 24.7 Å². The summed E-state index contributed by atoms with van der Waals surface area (Å²) in [5, 5.41) is 5.46. The minimum absolute atomic E-state index is 0.173. The van der Waals surface area contributed by atoms with Gasteiger partial charge in [-0.1, -0.05) is 6.07 Å². The number of nitrogens with zero attached hydrogens (tertiary/aromatic N) is 2. The van der Waals surface area contributed by atoms with Gasteiger partial charge in [-0.3, -0.25) is 9.59 Å². The van der Waals surface area contributed by atoms with Gasteiger partial charge in [0.05, 0.1) is 19.5 Å². The van der Waals surface area contributed by atoms with Crippen molar-refractivity contribution in [3.05, 3.63) is 48.0 Å². The molecule has 0 aromatic carbocycles. The second-order valence-corrected chi connectivity index (χ2v) is 5.98. The third kappa shape index (κ3) is 4.40. The third-order valence-corrected chi connectivity index (χ3v) is 4.12. The highest BCUT2D eigenvalue weighted by Crippen LogP contribution is 2.18. The maximum Gasteiger partial charge on any atom is 0.287 e. The van der Waals surface area contributed by atoms with Crippen LogP contribution in [0, 0.1) is 0 Å². The van der Waals surface area contributed by atoms with Crippen LogP contribution in [0.3, 0.4) is 0 Å². The van der Waals surface area contributed by atoms with Crippen LogP contribution < -0.4 is 15.5 Å². The molecule has 1 atom stereocenters. The number of hydrogen-bond donors (Lipinski definition) is 2. The molecule has 0 saturated carbocycles. The Kier molecular flexibility index (Phi) is 5.85. The standard InChI is InChI=1S/C18H22N4O4/c1-13(21-18(24)15-5-3-9-26-15)17(23)20-12-14-4-2-6-19-16(14)22-7-10-25-11-8-22/h2-6,9,13H,7-8,10-12H2,1H3,(H,20,23)(H,21,24). The number of aromatic nitrogens is 1. The molecule has 2 aromatic heterocycles. The SMILES string of the molecule is CC(NC(=O)c1ccco1)C(=O)NCc1cccnc1N1CCOCC1. The number of amides is 2. The predicted octanol–water partition coefficient (Wildman–Crippen LogP) is 0.946. The van der Waals surface area contributed by atoms with Crippen LogP contribution in [0.2, 0.25) is 0 Å². The molecule has 8 nitrogen and oxygen atoms in total. The van der Waals surface area contributed by atoms with E-state index < -0.39 is 11.9 Å². The Morgan fingerprint density at radius 2 is 2.08 bits per heavy atom. The average molecular weight is 358 g/mol. The molecule has 2 aromatic rings. The molecule has 1 aliphatic rings. The lowest BCUT2D eigenvalue weighted by Crippen LogP contribution is -2.44. The van der Waals surface area contributed by atoms with E-state index in [0.717, 1.165) is 24.5 Å². The van der Waals surface area contributed by atoms with Gasteiger partial charge in [0.25, 0.3) is 5.91 Å². The highest BCUT2D eigenvalue weighted by molar-refractivity contribution is 5.95. The third-order valence-electron chi connectivity index (χ3n) is 4.12. The van der Waals surface area contributed by atoms with Gasteiger partial charge in [0.1, 0.15) is 11.9 Å². The van der Waals surface area contributed by atoms with Crippen molar-refractivity contribution in [2.24, 2.45) is 0 Å². The highest BCUT2D eigenvalue weighted by Gasteiger charge is 2.19. The lowest BCUT2D eigenvalue weighted by Gasteiger charge is -2.29. The summed E-state index contributed by atoms with van der Waals surface area (Å²) < 4.78 is 10.4. The first-order valence-corrected chi connectivity index (χ1v) is 8.54. The van der Waals surface area contributed by atoms with E-state index in [0.29, 0.717) is 19.8 Å². The molecular formula is C18H22N4O4. The minimum Gasteiger partial charge on any atom is -0.459 e. The van der Waals surface area contributed by atoms with Gasteiger partial charge in [0, 0.05) is 31.4 Å². The number of morpholine rings is 1. The van der Waals surface area contributed by atoms with Crippen molar-refractivity contribution < 1.29 is 18.7 Å². The van der Waals surface area contributed by atoms with Crippen LogP contribution >= 0.6 is 0 Å². The fraction of sp³-hybridized carbons (Fsp3) is 0.389. The quantitative estimate of drug-likeness (QED) is 0.798. The average Bonchev–Trinajstić information content (AvgIpc) is 3.22. The van der Waals surface area contributed by atoms with Gasteiger partial charge >= 0.3 is 0 Å². The van der Waals surface area contributed by atoms with E-state index in [1.54, 1.807) is 25.3 Å². The summed E-state index contributed by atoms with van der Waals surface area (Å²) in [6, 6.07) is 6.26. The molecule has 138 valence electrons. The maximum absolute atomic E-state index is 12.3. The maximum atomic E-state index is 12.3. The largest absolute Gasteiger partial charge is 0.459 e. The van der Waals surface area contributed by atoms with Gasteiger partial charge in [-0.15, -0.1) is 0 Å². The van der Waals surface area contributed by atoms with E-state index in [9.17, 15) is 9.59 Å². The molecule has 2 amide bonds. The predicted molar refractivity (Wildman–Crippen MR) is 94.8 cm³/mol. The second kappa shape index (κ2) is 8.48. The van der Waals surface area contributed by atoms with E-state index in [4.69, 9.17) is 9.15 Å². The van der Waals surface area contributed by atoms with Crippen LogP contribution in [0.15, 0.2) is 41.1 Å². The summed E-state index contributed by atoms with van der Waals surface area (Å²) in [5.41, 5.74) is 0.923. The van der Waals surface area contributed by atoms with E-state index in [-0.39, 0.29) is 11.7 Å². The summed E-state index contributed by atoms with van der Waals surface area (Å²) in [4.78, 5) is 30.8. The Morgan fingerprint density at radius 1 is 1.27 bits per heavy atom. The zero-order valence-electron chi connectivity index (χ0n) is 14.6. The lowest BCUT2D eigenvalue weighted by atomic mass is 10.2. The van der Waals surface area contributed by atoms with Gasteiger partial charge in [0.2, 0.25) is 5.91 Å². The first kappa shape index (κ1) is 17.9. The molecular weight excluding hydrogens is 336 g/mol. The molecule has 0 spiro atoms. The first-order valence-electron chi connectivity index (χ1n) is 8.54. The molecule has 26 heavy (non-hydrogen) atoms. The van der Waals surface area contributed by atoms with Gasteiger partial charge in [-0.2, -0.15) is 0 Å². The Labute approximate surface area is 151 Å². The summed E-state index contributed by atoms with van der Waals surface area (Å²) in [6.07, 6.45) is 3.15. The molecule has 1 unspecified atom stereocenters. The van der Waals surface area contributed by atoms with E-state index >= 15 is 0 Å². The normalized spacial score (nSPS) is 15.3. The summed E-state index contributed by atoms with van der Waals surface area (Å²) in [6.45, 7) is 4.83. The molecule has 2 N–H and O–H groups in total. The number of carbonyl (C=O) groups excluding carboxylic acids is 2. The summed E-state index contributed by atoms with van der Waals surface area (Å²) in [5.74, 6) is 0.324. The molecule has 1 saturated heterocycles. The summed E-state index contributed by atoms with van der Waals surface area (Å²) in [7, 11) is 0. The van der Waals surface area contributed by atoms with Crippen LogP contribution in [0.5, 0.6) is 0 Å². The molecule has 0 aliphatic carbocycles. The number of furan rings is 1. The van der Waals surface area contributed by atoms with Crippen LogP contribution in [0.1, 0.15) is 23.0 Å². The Morgan fingerprint density at radius 3 is 2.81 bits per heavy atom. The lowest BCUT2D eigenvalue weighted by molar-refractivity contribution is -0.122. The van der Waals surface area contributed by atoms with Crippen molar-refractivity contribution in [1.29, 1.82) is 0 Å². The zero-order valence-corrected chi connectivity index (χ0v) is 14.6. The van der Waals surface area contributed by atoms with Crippen molar-refractivity contribution in [2.75, 3.05) is 31.2 Å².